The molecule has 4 saturated carbocycles. The number of carbonyl (C=O) groups excluding carboxylic acids is 4. The number of rotatable bonds is 5. The molecule has 1 spiro atoms. The maximum absolute atomic E-state index is 13.3. The monoisotopic (exact) mass is 446 g/mol. The first kappa shape index (κ1) is 21.9. The fraction of sp³-hybridized carbons (Fsp3) is 0.840. The van der Waals surface area contributed by atoms with Crippen LogP contribution in [-0.4, -0.2) is 36.6 Å². The Labute approximate surface area is 188 Å². The van der Waals surface area contributed by atoms with Gasteiger partial charge in [-0.15, -0.1) is 0 Å². The Morgan fingerprint density at radius 1 is 1.06 bits per heavy atom. The number of methoxy groups -OCH3 is 1. The highest BCUT2D eigenvalue weighted by Crippen LogP contribution is 2.65. The van der Waals surface area contributed by atoms with Gasteiger partial charge in [0.1, 0.15) is 5.60 Å². The normalized spacial score (nSPS) is 46.3. The van der Waals surface area contributed by atoms with Gasteiger partial charge in [-0.1, -0.05) is 6.92 Å². The highest BCUT2D eigenvalue weighted by Gasteiger charge is 2.66. The molecule has 2 aliphatic heterocycles. The number of cyclic esters (lactones) is 2. The fourth-order valence-corrected chi connectivity index (χ4v) is 8.20. The SMILES string of the molecule is COC(=O)C(C)(CCC1(C)CC2(OC1=O)C1CC3CC(C1)CC2C3)C1C(=O)OC(=O)C1C. The summed E-state index contributed by atoms with van der Waals surface area (Å²) in [6, 6.07) is 0. The van der Waals surface area contributed by atoms with E-state index in [-0.39, 0.29) is 18.0 Å². The Morgan fingerprint density at radius 3 is 2.16 bits per heavy atom. The van der Waals surface area contributed by atoms with E-state index in [0.717, 1.165) is 37.5 Å². The van der Waals surface area contributed by atoms with Gasteiger partial charge in [0, 0.05) is 6.42 Å². The van der Waals surface area contributed by atoms with Gasteiger partial charge < -0.3 is 14.2 Å². The van der Waals surface area contributed by atoms with Crippen molar-refractivity contribution in [2.24, 2.45) is 46.3 Å². The van der Waals surface area contributed by atoms with E-state index in [1.54, 1.807) is 13.8 Å². The van der Waals surface area contributed by atoms with E-state index in [0.29, 0.717) is 24.7 Å². The van der Waals surface area contributed by atoms with E-state index in [9.17, 15) is 19.2 Å². The second kappa shape index (κ2) is 7.04. The summed E-state index contributed by atoms with van der Waals surface area (Å²) in [7, 11) is 1.28. The summed E-state index contributed by atoms with van der Waals surface area (Å²) in [6.07, 6.45) is 7.28. The van der Waals surface area contributed by atoms with Crippen LogP contribution in [0.2, 0.25) is 0 Å². The third-order valence-electron chi connectivity index (χ3n) is 9.82. The van der Waals surface area contributed by atoms with Gasteiger partial charge in [-0.25, -0.2) is 0 Å². The summed E-state index contributed by atoms with van der Waals surface area (Å²) in [4.78, 5) is 50.6. The van der Waals surface area contributed by atoms with Crippen molar-refractivity contribution in [2.75, 3.05) is 7.11 Å². The molecule has 6 fully saturated rings. The van der Waals surface area contributed by atoms with Crippen LogP contribution >= 0.6 is 0 Å². The molecule has 0 N–H and O–H groups in total. The molecule has 2 saturated heterocycles. The summed E-state index contributed by atoms with van der Waals surface area (Å²) >= 11 is 0. The smallest absolute Gasteiger partial charge is 0.318 e. The van der Waals surface area contributed by atoms with Crippen molar-refractivity contribution in [1.82, 2.24) is 0 Å². The van der Waals surface area contributed by atoms with Crippen molar-refractivity contribution >= 4 is 23.9 Å². The number of hydrogen-bond donors (Lipinski definition) is 0. The van der Waals surface area contributed by atoms with Gasteiger partial charge in [0.25, 0.3) is 0 Å². The molecule has 6 rings (SSSR count). The molecule has 0 radical (unpaired) electrons. The lowest BCUT2D eigenvalue weighted by molar-refractivity contribution is -0.191. The lowest BCUT2D eigenvalue weighted by Gasteiger charge is -2.59. The molecule has 7 nitrogen and oxygen atoms in total. The van der Waals surface area contributed by atoms with Crippen LogP contribution < -0.4 is 0 Å². The van der Waals surface area contributed by atoms with Crippen molar-refractivity contribution in [3.8, 4) is 0 Å². The van der Waals surface area contributed by atoms with E-state index in [1.807, 2.05) is 6.92 Å². The van der Waals surface area contributed by atoms with Crippen molar-refractivity contribution in [1.29, 1.82) is 0 Å². The second-order valence-electron chi connectivity index (χ2n) is 11.8. The van der Waals surface area contributed by atoms with Crippen molar-refractivity contribution in [3.05, 3.63) is 0 Å². The average Bonchev–Trinajstić information content (AvgIpc) is 3.16. The standard InChI is InChI=1S/C25H34O7/c1-13-18(20(27)31-19(13)26)24(3,22(29)30-4)6-5-23(2)12-25(32-21(23)28)16-8-14-7-15(10-16)11-17(25)9-14/h13-18H,5-12H2,1-4H3. The Kier molecular flexibility index (Phi) is 4.82. The van der Waals surface area contributed by atoms with Crippen LogP contribution in [0.15, 0.2) is 0 Å². The molecule has 2 heterocycles. The van der Waals surface area contributed by atoms with Gasteiger partial charge in [-0.3, -0.25) is 19.2 Å². The number of ether oxygens (including phenoxy) is 3. The predicted molar refractivity (Wildman–Crippen MR) is 112 cm³/mol. The first-order valence-electron chi connectivity index (χ1n) is 12.1. The van der Waals surface area contributed by atoms with Gasteiger partial charge >= 0.3 is 23.9 Å². The molecule has 4 atom stereocenters. The zero-order valence-corrected chi connectivity index (χ0v) is 19.5. The third-order valence-corrected chi connectivity index (χ3v) is 9.82. The van der Waals surface area contributed by atoms with Gasteiger partial charge in [0.15, 0.2) is 0 Å². The lowest BCUT2D eigenvalue weighted by atomic mass is 9.48. The summed E-state index contributed by atoms with van der Waals surface area (Å²) in [5.74, 6) is -1.24. The molecular formula is C25H34O7. The molecule has 0 aromatic carbocycles. The van der Waals surface area contributed by atoms with Crippen LogP contribution in [0.1, 0.15) is 72.1 Å². The van der Waals surface area contributed by atoms with Gasteiger partial charge in [0.2, 0.25) is 0 Å². The first-order chi connectivity index (χ1) is 15.0. The topological polar surface area (TPSA) is 96.0 Å². The van der Waals surface area contributed by atoms with Gasteiger partial charge in [-0.2, -0.15) is 0 Å². The molecule has 7 heteroatoms. The number of esters is 4. The van der Waals surface area contributed by atoms with Crippen molar-refractivity contribution in [3.63, 3.8) is 0 Å². The van der Waals surface area contributed by atoms with Crippen LogP contribution in [0.4, 0.5) is 0 Å². The van der Waals surface area contributed by atoms with Crippen molar-refractivity contribution in [2.45, 2.75) is 77.7 Å². The van der Waals surface area contributed by atoms with Crippen molar-refractivity contribution < 1.29 is 33.4 Å². The quantitative estimate of drug-likeness (QED) is 0.363. The predicted octanol–water partition coefficient (Wildman–Crippen LogP) is 3.43. The molecule has 0 aromatic rings. The van der Waals surface area contributed by atoms with Crippen LogP contribution in [0.25, 0.3) is 0 Å². The van der Waals surface area contributed by atoms with E-state index in [1.165, 1.54) is 13.5 Å². The Balaban J connectivity index is 1.38. The molecule has 4 aliphatic carbocycles. The molecule has 0 amide bonds. The van der Waals surface area contributed by atoms with Gasteiger partial charge in [0.05, 0.1) is 29.8 Å². The van der Waals surface area contributed by atoms with E-state index in [4.69, 9.17) is 14.2 Å². The summed E-state index contributed by atoms with van der Waals surface area (Å²) in [5.41, 5.74) is -2.34. The second-order valence-corrected chi connectivity index (χ2v) is 11.8. The Morgan fingerprint density at radius 2 is 1.66 bits per heavy atom. The molecule has 176 valence electrons. The molecule has 4 bridgehead atoms. The number of hydrogen-bond acceptors (Lipinski definition) is 7. The van der Waals surface area contributed by atoms with Crippen LogP contribution in [0.3, 0.4) is 0 Å². The van der Waals surface area contributed by atoms with Crippen LogP contribution in [0, 0.1) is 46.3 Å². The molecule has 4 unspecified atom stereocenters. The third kappa shape index (κ3) is 2.91. The first-order valence-corrected chi connectivity index (χ1v) is 12.1. The maximum Gasteiger partial charge on any atom is 0.318 e. The van der Waals surface area contributed by atoms with E-state index >= 15 is 0 Å². The molecule has 0 aromatic heterocycles. The minimum atomic E-state index is -1.25. The largest absolute Gasteiger partial charge is 0.469 e. The minimum absolute atomic E-state index is 0.185. The molecule has 6 aliphatic rings. The lowest BCUT2D eigenvalue weighted by Crippen LogP contribution is -2.57. The number of carbonyl (C=O) groups is 4. The molecular weight excluding hydrogens is 412 g/mol. The maximum atomic E-state index is 13.3. The Hall–Kier alpha value is -1.92. The molecule has 32 heavy (non-hydrogen) atoms. The zero-order chi connectivity index (χ0) is 23.1. The zero-order valence-electron chi connectivity index (χ0n) is 19.5. The summed E-state index contributed by atoms with van der Waals surface area (Å²) in [5, 5.41) is 0. The summed E-state index contributed by atoms with van der Waals surface area (Å²) in [6.45, 7) is 5.20. The van der Waals surface area contributed by atoms with Crippen LogP contribution in [0.5, 0.6) is 0 Å². The average molecular weight is 447 g/mol. The minimum Gasteiger partial charge on any atom is -0.469 e. The summed E-state index contributed by atoms with van der Waals surface area (Å²) < 4.78 is 16.1. The highest BCUT2D eigenvalue weighted by molar-refractivity contribution is 5.99. The Bertz CT molecular complexity index is 850. The van der Waals surface area contributed by atoms with Crippen LogP contribution in [-0.2, 0) is 33.4 Å². The van der Waals surface area contributed by atoms with Gasteiger partial charge in [-0.05, 0) is 82.5 Å². The van der Waals surface area contributed by atoms with E-state index in [2.05, 4.69) is 0 Å². The highest BCUT2D eigenvalue weighted by atomic mass is 16.6. The fourth-order valence-electron chi connectivity index (χ4n) is 8.20. The van der Waals surface area contributed by atoms with E-state index < -0.39 is 40.6 Å².